The second-order valence-corrected chi connectivity index (χ2v) is 2.96. The number of nitrogens with one attached hydrogen (secondary N) is 2. The fourth-order valence-corrected chi connectivity index (χ4v) is 1.23. The number of anilines is 2. The van der Waals surface area contributed by atoms with E-state index in [0.717, 1.165) is 17.9 Å². The summed E-state index contributed by atoms with van der Waals surface area (Å²) in [5.41, 5.74) is 4.58. The van der Waals surface area contributed by atoms with Crippen LogP contribution in [0.2, 0.25) is 5.02 Å². The number of hydrogen-bond donors (Lipinski definition) is 2. The summed E-state index contributed by atoms with van der Waals surface area (Å²) in [6.07, 6.45) is 0. The molecular formula is C9H13ClN2O. The third-order valence-corrected chi connectivity index (χ3v) is 1.80. The minimum absolute atomic E-state index is 0.682. The second-order valence-electron chi connectivity index (χ2n) is 2.53. The largest absolute Gasteiger partial charge is 0.384 e. The van der Waals surface area contributed by atoms with E-state index in [2.05, 4.69) is 10.8 Å². The summed E-state index contributed by atoms with van der Waals surface area (Å²) in [7, 11) is 1.57. The maximum atomic E-state index is 5.83. The van der Waals surface area contributed by atoms with E-state index in [1.807, 2.05) is 25.1 Å². The van der Waals surface area contributed by atoms with Crippen molar-refractivity contribution in [3.63, 3.8) is 0 Å². The predicted molar refractivity (Wildman–Crippen MR) is 56.2 cm³/mol. The Morgan fingerprint density at radius 3 is 2.77 bits per heavy atom. The Morgan fingerprint density at radius 1 is 1.38 bits per heavy atom. The molecule has 72 valence electrons. The van der Waals surface area contributed by atoms with Crippen LogP contribution in [0.4, 0.5) is 11.4 Å². The maximum absolute atomic E-state index is 5.83. The molecule has 2 N–H and O–H groups in total. The summed E-state index contributed by atoms with van der Waals surface area (Å²) in [6.45, 7) is 2.89. The average molecular weight is 201 g/mol. The first-order valence-electron chi connectivity index (χ1n) is 4.10. The third-order valence-electron chi connectivity index (χ3n) is 1.56. The second kappa shape index (κ2) is 4.94. The van der Waals surface area contributed by atoms with Crippen LogP contribution in [0.3, 0.4) is 0 Å². The molecule has 0 aliphatic carbocycles. The lowest BCUT2D eigenvalue weighted by Crippen LogP contribution is -2.03. The van der Waals surface area contributed by atoms with Gasteiger partial charge in [-0.3, -0.25) is 10.3 Å². The molecular weight excluding hydrogens is 188 g/mol. The molecule has 1 aromatic carbocycles. The van der Waals surface area contributed by atoms with Gasteiger partial charge in [0.15, 0.2) is 0 Å². The van der Waals surface area contributed by atoms with Crippen molar-refractivity contribution in [1.82, 2.24) is 0 Å². The third kappa shape index (κ3) is 2.79. The first kappa shape index (κ1) is 10.2. The minimum atomic E-state index is 0.682. The number of halogens is 1. The van der Waals surface area contributed by atoms with Crippen LogP contribution in [-0.4, -0.2) is 13.7 Å². The van der Waals surface area contributed by atoms with Crippen LogP contribution in [-0.2, 0) is 4.84 Å². The van der Waals surface area contributed by atoms with Gasteiger partial charge in [0.1, 0.15) is 0 Å². The molecule has 13 heavy (non-hydrogen) atoms. The van der Waals surface area contributed by atoms with Crippen LogP contribution in [0.1, 0.15) is 6.92 Å². The summed E-state index contributed by atoms with van der Waals surface area (Å²) >= 11 is 5.83. The molecule has 0 aromatic heterocycles. The highest BCUT2D eigenvalue weighted by Gasteiger charge is 2.00. The standard InChI is InChI=1S/C9H13ClN2O/c1-3-11-8-5-4-7(10)6-9(8)12-13-2/h4-6,11-12H,3H2,1-2H3. The lowest BCUT2D eigenvalue weighted by atomic mass is 10.2. The molecule has 3 nitrogen and oxygen atoms in total. The first-order chi connectivity index (χ1) is 6.27. The van der Waals surface area contributed by atoms with E-state index >= 15 is 0 Å². The molecule has 0 bridgehead atoms. The normalized spacial score (nSPS) is 9.77. The van der Waals surface area contributed by atoms with E-state index in [-0.39, 0.29) is 0 Å². The maximum Gasteiger partial charge on any atom is 0.0850 e. The van der Waals surface area contributed by atoms with Gasteiger partial charge in [0.2, 0.25) is 0 Å². The van der Waals surface area contributed by atoms with Gasteiger partial charge in [-0.2, -0.15) is 0 Å². The molecule has 0 saturated carbocycles. The molecule has 0 heterocycles. The van der Waals surface area contributed by atoms with E-state index in [9.17, 15) is 0 Å². The molecule has 0 radical (unpaired) electrons. The Morgan fingerprint density at radius 2 is 2.15 bits per heavy atom. The Balaban J connectivity index is 2.89. The Labute approximate surface area is 83.0 Å². The number of benzene rings is 1. The van der Waals surface area contributed by atoms with Gasteiger partial charge in [-0.25, -0.2) is 0 Å². The SMILES string of the molecule is CCNc1ccc(Cl)cc1NOC. The fourth-order valence-electron chi connectivity index (χ4n) is 1.06. The van der Waals surface area contributed by atoms with Crippen molar-refractivity contribution in [2.75, 3.05) is 24.5 Å². The lowest BCUT2D eigenvalue weighted by Gasteiger charge is -2.11. The lowest BCUT2D eigenvalue weighted by molar-refractivity contribution is 0.271. The topological polar surface area (TPSA) is 33.3 Å². The van der Waals surface area contributed by atoms with Crippen LogP contribution >= 0.6 is 11.6 Å². The molecule has 0 aliphatic heterocycles. The molecule has 0 amide bonds. The molecule has 0 unspecified atom stereocenters. The fraction of sp³-hybridized carbons (Fsp3) is 0.333. The Bertz CT molecular complexity index is 278. The van der Waals surface area contributed by atoms with Gasteiger partial charge in [0.05, 0.1) is 18.5 Å². The summed E-state index contributed by atoms with van der Waals surface area (Å²) in [5.74, 6) is 0. The highest BCUT2D eigenvalue weighted by atomic mass is 35.5. The molecule has 0 fully saturated rings. The summed E-state index contributed by atoms with van der Waals surface area (Å²) < 4.78 is 0. The van der Waals surface area contributed by atoms with E-state index < -0.39 is 0 Å². The first-order valence-corrected chi connectivity index (χ1v) is 4.48. The van der Waals surface area contributed by atoms with Crippen molar-refractivity contribution in [3.8, 4) is 0 Å². The summed E-state index contributed by atoms with van der Waals surface area (Å²) in [4.78, 5) is 4.82. The van der Waals surface area contributed by atoms with E-state index in [1.54, 1.807) is 7.11 Å². The van der Waals surface area contributed by atoms with Crippen molar-refractivity contribution >= 4 is 23.0 Å². The van der Waals surface area contributed by atoms with Crippen molar-refractivity contribution in [2.24, 2.45) is 0 Å². The molecule has 0 atom stereocenters. The zero-order valence-electron chi connectivity index (χ0n) is 7.73. The van der Waals surface area contributed by atoms with Gasteiger partial charge in [-0.1, -0.05) is 11.6 Å². The Hall–Kier alpha value is -0.930. The zero-order valence-corrected chi connectivity index (χ0v) is 8.48. The average Bonchev–Trinajstić information content (AvgIpc) is 2.10. The molecule has 1 rings (SSSR count). The van der Waals surface area contributed by atoms with Crippen LogP contribution in [0, 0.1) is 0 Å². The van der Waals surface area contributed by atoms with Crippen molar-refractivity contribution in [3.05, 3.63) is 23.2 Å². The molecule has 1 aromatic rings. The van der Waals surface area contributed by atoms with Crippen molar-refractivity contribution in [1.29, 1.82) is 0 Å². The molecule has 0 spiro atoms. The number of hydrogen-bond acceptors (Lipinski definition) is 3. The van der Waals surface area contributed by atoms with E-state index in [1.165, 1.54) is 0 Å². The molecule has 0 aliphatic rings. The van der Waals surface area contributed by atoms with Crippen molar-refractivity contribution < 1.29 is 4.84 Å². The van der Waals surface area contributed by atoms with Crippen LogP contribution < -0.4 is 10.8 Å². The zero-order chi connectivity index (χ0) is 9.68. The highest BCUT2D eigenvalue weighted by molar-refractivity contribution is 6.31. The van der Waals surface area contributed by atoms with E-state index in [0.29, 0.717) is 5.02 Å². The summed E-state index contributed by atoms with van der Waals surface area (Å²) in [5, 5.41) is 3.87. The Kier molecular flexibility index (Phi) is 3.86. The van der Waals surface area contributed by atoms with Gasteiger partial charge >= 0.3 is 0 Å². The number of rotatable bonds is 4. The predicted octanol–water partition coefficient (Wildman–Crippen LogP) is 2.75. The van der Waals surface area contributed by atoms with E-state index in [4.69, 9.17) is 16.4 Å². The molecule has 4 heteroatoms. The smallest absolute Gasteiger partial charge is 0.0850 e. The quantitative estimate of drug-likeness (QED) is 0.734. The van der Waals surface area contributed by atoms with Gasteiger partial charge in [-0.05, 0) is 25.1 Å². The van der Waals surface area contributed by atoms with Gasteiger partial charge in [0.25, 0.3) is 0 Å². The van der Waals surface area contributed by atoms with Crippen LogP contribution in [0.5, 0.6) is 0 Å². The highest BCUT2D eigenvalue weighted by Crippen LogP contribution is 2.25. The summed E-state index contributed by atoms with van der Waals surface area (Å²) in [6, 6.07) is 5.55. The van der Waals surface area contributed by atoms with Gasteiger partial charge in [-0.15, -0.1) is 0 Å². The monoisotopic (exact) mass is 200 g/mol. The van der Waals surface area contributed by atoms with Gasteiger partial charge < -0.3 is 5.32 Å². The van der Waals surface area contributed by atoms with Crippen molar-refractivity contribution in [2.45, 2.75) is 6.92 Å². The minimum Gasteiger partial charge on any atom is -0.384 e. The van der Waals surface area contributed by atoms with Gasteiger partial charge in [0, 0.05) is 11.6 Å². The van der Waals surface area contributed by atoms with Crippen LogP contribution in [0.15, 0.2) is 18.2 Å². The molecule has 0 saturated heterocycles. The van der Waals surface area contributed by atoms with Crippen LogP contribution in [0.25, 0.3) is 0 Å².